The molecule has 21 heavy (non-hydrogen) atoms. The Bertz CT molecular complexity index is 748. The van der Waals surface area contributed by atoms with Gasteiger partial charge in [0.15, 0.2) is 0 Å². The molecule has 2 rings (SSSR count). The molecule has 0 aliphatic carbocycles. The molecule has 0 atom stereocenters. The molecule has 2 aromatic rings. The van der Waals surface area contributed by atoms with Gasteiger partial charge in [0, 0.05) is 23.4 Å². The van der Waals surface area contributed by atoms with Crippen molar-refractivity contribution in [3.8, 4) is 0 Å². The van der Waals surface area contributed by atoms with Gasteiger partial charge in [-0.2, -0.15) is 0 Å². The van der Waals surface area contributed by atoms with Gasteiger partial charge in [0.1, 0.15) is 0 Å². The van der Waals surface area contributed by atoms with Crippen LogP contribution in [0.2, 0.25) is 0 Å². The zero-order valence-corrected chi connectivity index (χ0v) is 13.8. The summed E-state index contributed by atoms with van der Waals surface area (Å²) < 4.78 is 27.7. The number of halogens is 1. The van der Waals surface area contributed by atoms with E-state index in [9.17, 15) is 8.42 Å². The largest absolute Gasteiger partial charge is 0.392 e. The monoisotopic (exact) mass is 370 g/mol. The van der Waals surface area contributed by atoms with Crippen LogP contribution in [0.3, 0.4) is 0 Å². The molecule has 0 unspecified atom stereocenters. The van der Waals surface area contributed by atoms with Crippen LogP contribution in [0, 0.1) is 6.92 Å². The van der Waals surface area contributed by atoms with E-state index >= 15 is 0 Å². The Morgan fingerprint density at radius 3 is 2.76 bits per heavy atom. The molecule has 1 aromatic heterocycles. The third kappa shape index (κ3) is 3.88. The highest BCUT2D eigenvalue weighted by atomic mass is 79.9. The molecule has 0 radical (unpaired) electrons. The number of aliphatic hydroxyl groups excluding tert-OH is 1. The number of aryl methyl sites for hydroxylation is 1. The number of aliphatic hydroxyl groups is 1. The smallest absolute Gasteiger partial charge is 0.242 e. The van der Waals surface area contributed by atoms with Crippen LogP contribution in [0.4, 0.5) is 0 Å². The first-order chi connectivity index (χ1) is 9.94. The first-order valence-corrected chi connectivity index (χ1v) is 8.50. The molecule has 0 spiro atoms. The zero-order chi connectivity index (χ0) is 15.5. The minimum Gasteiger partial charge on any atom is -0.392 e. The van der Waals surface area contributed by atoms with Crippen molar-refractivity contribution in [3.63, 3.8) is 0 Å². The molecule has 1 heterocycles. The lowest BCUT2D eigenvalue weighted by Gasteiger charge is -2.11. The van der Waals surface area contributed by atoms with Crippen molar-refractivity contribution in [2.24, 2.45) is 0 Å². The average molecular weight is 371 g/mol. The number of hydrogen-bond donors (Lipinski definition) is 2. The topological polar surface area (TPSA) is 79.3 Å². The summed E-state index contributed by atoms with van der Waals surface area (Å²) in [5, 5.41) is 9.13. The standard InChI is InChI=1S/C14H15BrN2O3S/c1-10-7-16-5-4-12(10)8-17-21(19,20)14-6-11(9-18)2-3-13(14)15/h2-7,17-18H,8-9H2,1H3. The lowest BCUT2D eigenvalue weighted by atomic mass is 10.2. The van der Waals surface area contributed by atoms with E-state index in [0.717, 1.165) is 11.1 Å². The number of benzene rings is 1. The number of pyridine rings is 1. The Labute approximate surface area is 132 Å². The molecule has 0 aliphatic rings. The maximum absolute atomic E-state index is 12.4. The predicted molar refractivity (Wildman–Crippen MR) is 83.1 cm³/mol. The van der Waals surface area contributed by atoms with Crippen LogP contribution in [-0.4, -0.2) is 18.5 Å². The second-order valence-corrected chi connectivity index (χ2v) is 7.14. The Kier molecular flexibility index (Phi) is 5.10. The Morgan fingerprint density at radius 2 is 2.10 bits per heavy atom. The van der Waals surface area contributed by atoms with Gasteiger partial charge in [-0.05, 0) is 57.7 Å². The molecule has 0 fully saturated rings. The SMILES string of the molecule is Cc1cnccc1CNS(=O)(=O)c1cc(CO)ccc1Br. The van der Waals surface area contributed by atoms with Crippen LogP contribution in [-0.2, 0) is 23.2 Å². The van der Waals surface area contributed by atoms with Gasteiger partial charge in [-0.1, -0.05) is 6.07 Å². The number of sulfonamides is 1. The first kappa shape index (κ1) is 16.1. The molecule has 2 N–H and O–H groups in total. The van der Waals surface area contributed by atoms with Crippen LogP contribution < -0.4 is 4.72 Å². The molecular formula is C14H15BrN2O3S. The van der Waals surface area contributed by atoms with Crippen LogP contribution in [0.25, 0.3) is 0 Å². The van der Waals surface area contributed by atoms with Gasteiger partial charge in [-0.25, -0.2) is 13.1 Å². The molecular weight excluding hydrogens is 356 g/mol. The van der Waals surface area contributed by atoms with Gasteiger partial charge >= 0.3 is 0 Å². The van der Waals surface area contributed by atoms with Crippen LogP contribution in [0.1, 0.15) is 16.7 Å². The second kappa shape index (κ2) is 6.65. The summed E-state index contributed by atoms with van der Waals surface area (Å²) >= 11 is 3.23. The van der Waals surface area contributed by atoms with E-state index in [-0.39, 0.29) is 18.0 Å². The molecule has 0 saturated carbocycles. The minimum atomic E-state index is -3.67. The third-order valence-corrected chi connectivity index (χ3v) is 5.45. The van der Waals surface area contributed by atoms with E-state index in [2.05, 4.69) is 25.6 Å². The highest BCUT2D eigenvalue weighted by Gasteiger charge is 2.18. The molecule has 5 nitrogen and oxygen atoms in total. The third-order valence-electron chi connectivity index (χ3n) is 3.06. The van der Waals surface area contributed by atoms with Crippen molar-refractivity contribution in [1.29, 1.82) is 0 Å². The maximum atomic E-state index is 12.4. The quantitative estimate of drug-likeness (QED) is 0.844. The minimum absolute atomic E-state index is 0.112. The van der Waals surface area contributed by atoms with Crippen molar-refractivity contribution in [3.05, 3.63) is 57.8 Å². The lowest BCUT2D eigenvalue weighted by molar-refractivity contribution is 0.281. The molecule has 1 aromatic carbocycles. The number of nitrogens with zero attached hydrogens (tertiary/aromatic N) is 1. The van der Waals surface area contributed by atoms with E-state index < -0.39 is 10.0 Å². The van der Waals surface area contributed by atoms with E-state index in [1.54, 1.807) is 30.6 Å². The van der Waals surface area contributed by atoms with Crippen molar-refractivity contribution >= 4 is 26.0 Å². The molecule has 112 valence electrons. The molecule has 7 heteroatoms. The zero-order valence-electron chi connectivity index (χ0n) is 11.4. The molecule has 0 saturated heterocycles. The van der Waals surface area contributed by atoms with Gasteiger partial charge in [-0.3, -0.25) is 4.98 Å². The van der Waals surface area contributed by atoms with Crippen LogP contribution >= 0.6 is 15.9 Å². The fourth-order valence-electron chi connectivity index (χ4n) is 1.80. The summed E-state index contributed by atoms with van der Waals surface area (Å²) in [4.78, 5) is 4.08. The van der Waals surface area contributed by atoms with Gasteiger partial charge in [0.25, 0.3) is 0 Å². The Hall–Kier alpha value is -1.28. The summed E-state index contributed by atoms with van der Waals surface area (Å²) in [6.45, 7) is 1.85. The Morgan fingerprint density at radius 1 is 1.33 bits per heavy atom. The maximum Gasteiger partial charge on any atom is 0.242 e. The summed E-state index contributed by atoms with van der Waals surface area (Å²) in [6.07, 6.45) is 3.31. The van der Waals surface area contributed by atoms with Crippen molar-refractivity contribution in [2.45, 2.75) is 25.0 Å². The van der Waals surface area contributed by atoms with Crippen LogP contribution in [0.15, 0.2) is 46.0 Å². The van der Waals surface area contributed by atoms with Crippen LogP contribution in [0.5, 0.6) is 0 Å². The number of hydrogen-bond acceptors (Lipinski definition) is 4. The number of aromatic nitrogens is 1. The summed E-state index contributed by atoms with van der Waals surface area (Å²) in [5.74, 6) is 0. The van der Waals surface area contributed by atoms with Crippen molar-refractivity contribution in [2.75, 3.05) is 0 Å². The van der Waals surface area contributed by atoms with Gasteiger partial charge in [0.2, 0.25) is 10.0 Å². The summed E-state index contributed by atoms with van der Waals surface area (Å²) in [6, 6.07) is 6.50. The van der Waals surface area contributed by atoms with E-state index in [1.807, 2.05) is 6.92 Å². The van der Waals surface area contributed by atoms with E-state index in [0.29, 0.717) is 10.0 Å². The van der Waals surface area contributed by atoms with Gasteiger partial charge in [-0.15, -0.1) is 0 Å². The number of rotatable bonds is 5. The van der Waals surface area contributed by atoms with Gasteiger partial charge < -0.3 is 5.11 Å². The highest BCUT2D eigenvalue weighted by Crippen LogP contribution is 2.23. The van der Waals surface area contributed by atoms with Gasteiger partial charge in [0.05, 0.1) is 11.5 Å². The molecule has 0 bridgehead atoms. The fourth-order valence-corrected chi connectivity index (χ4v) is 3.82. The van der Waals surface area contributed by atoms with Crippen molar-refractivity contribution < 1.29 is 13.5 Å². The Balaban J connectivity index is 2.25. The lowest BCUT2D eigenvalue weighted by Crippen LogP contribution is -2.24. The van der Waals surface area contributed by atoms with Crippen molar-refractivity contribution in [1.82, 2.24) is 9.71 Å². The average Bonchev–Trinajstić information content (AvgIpc) is 2.47. The number of nitrogens with one attached hydrogen (secondary N) is 1. The molecule has 0 aliphatic heterocycles. The normalized spacial score (nSPS) is 11.6. The first-order valence-electron chi connectivity index (χ1n) is 6.22. The fraction of sp³-hybridized carbons (Fsp3) is 0.214. The predicted octanol–water partition coefficient (Wildman–Crippen LogP) is 2.12. The summed E-state index contributed by atoms with van der Waals surface area (Å²) in [7, 11) is -3.67. The summed E-state index contributed by atoms with van der Waals surface area (Å²) in [5.41, 5.74) is 2.32. The van der Waals surface area contributed by atoms with E-state index in [4.69, 9.17) is 5.11 Å². The highest BCUT2D eigenvalue weighted by molar-refractivity contribution is 9.10. The second-order valence-electron chi connectivity index (χ2n) is 4.55. The van der Waals surface area contributed by atoms with E-state index in [1.165, 1.54) is 6.07 Å². The molecule has 0 amide bonds.